The molecule has 0 unspecified atom stereocenters. The third-order valence-corrected chi connectivity index (χ3v) is 9.41. The summed E-state index contributed by atoms with van der Waals surface area (Å²) in [5.74, 6) is 2.81. The number of methoxy groups -OCH3 is 2. The summed E-state index contributed by atoms with van der Waals surface area (Å²) in [6.45, 7) is 1.56. The topological polar surface area (TPSA) is 126 Å². The van der Waals surface area contributed by atoms with Crippen molar-refractivity contribution in [1.82, 2.24) is 19.9 Å². The van der Waals surface area contributed by atoms with Gasteiger partial charge in [0.25, 0.3) is 5.16 Å². The smallest absolute Gasteiger partial charge is 0.251 e. The number of anilines is 1. The Morgan fingerprint density at radius 2 is 1.25 bits per heavy atom. The van der Waals surface area contributed by atoms with Crippen molar-refractivity contribution in [1.29, 1.82) is 0 Å². The van der Waals surface area contributed by atoms with Gasteiger partial charge in [0, 0.05) is 31.0 Å². The van der Waals surface area contributed by atoms with Gasteiger partial charge in [-0.1, -0.05) is 90.6 Å². The van der Waals surface area contributed by atoms with E-state index in [1.165, 1.54) is 24.5 Å². The lowest BCUT2D eigenvalue weighted by Crippen LogP contribution is -2.37. The quantitative estimate of drug-likeness (QED) is 0.0911. The van der Waals surface area contributed by atoms with Crippen molar-refractivity contribution in [2.75, 3.05) is 31.9 Å². The molecule has 274 valence electrons. The van der Waals surface area contributed by atoms with Crippen molar-refractivity contribution in [2.45, 2.75) is 56.5 Å². The van der Waals surface area contributed by atoms with Crippen molar-refractivity contribution in [3.05, 3.63) is 118 Å². The Hall–Kier alpha value is -4.65. The first-order valence-electron chi connectivity index (χ1n) is 16.7. The predicted molar refractivity (Wildman–Crippen MR) is 202 cm³/mol. The minimum Gasteiger partial charge on any atom is -0.497 e. The Balaban J connectivity index is 0.000000217. The lowest BCUT2D eigenvalue weighted by molar-refractivity contribution is 0.290. The van der Waals surface area contributed by atoms with Gasteiger partial charge in [-0.05, 0) is 60.2 Å². The maximum absolute atomic E-state index is 11.4. The fourth-order valence-electron chi connectivity index (χ4n) is 5.50. The van der Waals surface area contributed by atoms with Crippen molar-refractivity contribution in [3.63, 3.8) is 0 Å². The van der Waals surface area contributed by atoms with Gasteiger partial charge in [-0.2, -0.15) is 9.97 Å². The van der Waals surface area contributed by atoms with Gasteiger partial charge in [0.15, 0.2) is 0 Å². The molecule has 14 heteroatoms. The molecule has 11 nitrogen and oxygen atoms in total. The highest BCUT2D eigenvalue weighted by Crippen LogP contribution is 2.28. The predicted octanol–water partition coefficient (Wildman–Crippen LogP) is 7.83. The Morgan fingerprint density at radius 3 is 1.81 bits per heavy atom. The van der Waals surface area contributed by atoms with Crippen LogP contribution in [0.2, 0.25) is 10.3 Å². The first kappa shape index (κ1) is 38.6. The van der Waals surface area contributed by atoms with Gasteiger partial charge in [-0.15, -0.1) is 0 Å². The van der Waals surface area contributed by atoms with Gasteiger partial charge in [0.2, 0.25) is 27.5 Å². The van der Waals surface area contributed by atoms with Crippen LogP contribution in [0.15, 0.2) is 96.2 Å². The lowest BCUT2D eigenvalue weighted by Gasteiger charge is -2.30. The molecular weight excluding hydrogens is 725 g/mol. The Morgan fingerprint density at radius 1 is 0.692 bits per heavy atom. The summed E-state index contributed by atoms with van der Waals surface area (Å²) >= 11 is 12.1. The molecule has 3 heterocycles. The summed E-state index contributed by atoms with van der Waals surface area (Å²) < 4.78 is 44.5. The van der Waals surface area contributed by atoms with E-state index >= 15 is 0 Å². The van der Waals surface area contributed by atoms with Crippen molar-refractivity contribution >= 4 is 39.0 Å². The van der Waals surface area contributed by atoms with Crippen LogP contribution >= 0.6 is 23.2 Å². The monoisotopic (exact) mass is 765 g/mol. The van der Waals surface area contributed by atoms with Crippen LogP contribution in [0, 0.1) is 0 Å². The van der Waals surface area contributed by atoms with E-state index in [2.05, 4.69) is 50.2 Å². The molecule has 2 aromatic heterocycles. The third-order valence-electron chi connectivity index (χ3n) is 8.18. The number of sulfone groups is 1. The average Bonchev–Trinajstić information content (AvgIpc) is 3.39. The molecule has 1 atom stereocenters. The SMILES string of the molecule is COc1ccc(COc2cc(Cl)nc(N3CCCCC[C@@H]3Cc3ccccc3)n2)cc1.COc1ccc(COc2cc(Cl)nc(S(C)(=O)=O)n2)cc1. The zero-order chi connectivity index (χ0) is 36.9. The zero-order valence-electron chi connectivity index (χ0n) is 29.2. The van der Waals surface area contributed by atoms with E-state index in [0.717, 1.165) is 54.7 Å². The largest absolute Gasteiger partial charge is 0.497 e. The molecule has 0 spiro atoms. The lowest BCUT2D eigenvalue weighted by atomic mass is 10.0. The van der Waals surface area contributed by atoms with E-state index in [-0.39, 0.29) is 22.8 Å². The van der Waals surface area contributed by atoms with Crippen molar-refractivity contribution in [3.8, 4) is 23.3 Å². The standard InChI is InChI=1S/C25H28ClN3O2.C13H13ClN2O4S/c1-30-22-13-11-20(12-14-22)18-31-24-17-23(26)27-25(28-24)29-15-7-3-6-10-21(29)16-19-8-4-2-5-9-19;1-19-10-5-3-9(4-6-10)8-20-12-7-11(14)15-13(16-12)21(2,17)18/h2,4-5,8-9,11-14,17,21H,3,6-7,10,15-16,18H2,1H3;3-7H,8H2,1-2H3/t21-;/m1./s1. The number of benzene rings is 3. The molecule has 1 aliphatic heterocycles. The normalized spacial score (nSPS) is 14.4. The Bertz CT molecular complexity index is 1990. The molecule has 1 aliphatic rings. The van der Waals surface area contributed by atoms with Crippen LogP contribution in [0.4, 0.5) is 5.95 Å². The first-order valence-corrected chi connectivity index (χ1v) is 19.4. The molecule has 5 aromatic rings. The van der Waals surface area contributed by atoms with Crippen LogP contribution in [-0.2, 0) is 29.5 Å². The fourth-order valence-corrected chi connectivity index (χ4v) is 6.41. The maximum Gasteiger partial charge on any atom is 0.251 e. The molecule has 6 rings (SSSR count). The molecule has 0 bridgehead atoms. The number of aromatic nitrogens is 4. The van der Waals surface area contributed by atoms with Gasteiger partial charge in [0.1, 0.15) is 35.0 Å². The number of ether oxygens (including phenoxy) is 4. The number of nitrogens with zero attached hydrogens (tertiary/aromatic N) is 5. The molecule has 1 fully saturated rings. The van der Waals surface area contributed by atoms with E-state index in [4.69, 9.17) is 47.1 Å². The highest BCUT2D eigenvalue weighted by Gasteiger charge is 2.25. The minimum atomic E-state index is -3.54. The van der Waals surface area contributed by atoms with Gasteiger partial charge in [-0.3, -0.25) is 0 Å². The number of hydrogen-bond acceptors (Lipinski definition) is 11. The number of hydrogen-bond donors (Lipinski definition) is 0. The van der Waals surface area contributed by atoms with Gasteiger partial charge in [-0.25, -0.2) is 18.4 Å². The molecule has 1 saturated heterocycles. The number of halogens is 2. The van der Waals surface area contributed by atoms with Crippen LogP contribution in [0.1, 0.15) is 42.4 Å². The summed E-state index contributed by atoms with van der Waals surface area (Å²) in [4.78, 5) is 19.1. The first-order chi connectivity index (χ1) is 25.1. The van der Waals surface area contributed by atoms with Crippen molar-refractivity contribution < 1.29 is 27.4 Å². The van der Waals surface area contributed by atoms with Crippen LogP contribution in [0.25, 0.3) is 0 Å². The Labute approximate surface area is 314 Å². The molecule has 0 radical (unpaired) electrons. The maximum atomic E-state index is 11.4. The van der Waals surface area contributed by atoms with E-state index in [0.29, 0.717) is 29.6 Å². The summed E-state index contributed by atoms with van der Waals surface area (Å²) in [7, 11) is -0.302. The highest BCUT2D eigenvalue weighted by molar-refractivity contribution is 7.90. The molecule has 0 N–H and O–H groups in total. The molecule has 3 aromatic carbocycles. The summed E-state index contributed by atoms with van der Waals surface area (Å²) in [6, 6.07) is 29.1. The minimum absolute atomic E-state index is 0.00940. The zero-order valence-corrected chi connectivity index (χ0v) is 31.6. The molecule has 52 heavy (non-hydrogen) atoms. The summed E-state index contributed by atoms with van der Waals surface area (Å²) in [5, 5.41) is 0.0484. The summed E-state index contributed by atoms with van der Waals surface area (Å²) in [6.07, 6.45) is 6.67. The van der Waals surface area contributed by atoms with E-state index < -0.39 is 9.84 Å². The van der Waals surface area contributed by atoms with Crippen molar-refractivity contribution in [2.24, 2.45) is 0 Å². The van der Waals surface area contributed by atoms with Crippen LogP contribution in [0.5, 0.6) is 23.3 Å². The van der Waals surface area contributed by atoms with Crippen LogP contribution in [-0.4, -0.2) is 61.4 Å². The Kier molecular flexibility index (Phi) is 13.9. The van der Waals surface area contributed by atoms with E-state index in [1.54, 1.807) is 32.4 Å². The molecule has 0 saturated carbocycles. The fraction of sp³-hybridized carbons (Fsp3) is 0.316. The van der Waals surface area contributed by atoms with Crippen LogP contribution in [0.3, 0.4) is 0 Å². The van der Waals surface area contributed by atoms with Gasteiger partial charge < -0.3 is 23.8 Å². The second-order valence-corrected chi connectivity index (χ2v) is 14.8. The average molecular weight is 767 g/mol. The second kappa shape index (κ2) is 18.7. The summed E-state index contributed by atoms with van der Waals surface area (Å²) in [5.41, 5.74) is 3.25. The molecule has 0 amide bonds. The second-order valence-electron chi connectivity index (χ2n) is 12.1. The van der Waals surface area contributed by atoms with E-state index in [1.807, 2.05) is 36.4 Å². The van der Waals surface area contributed by atoms with Crippen LogP contribution < -0.4 is 23.8 Å². The highest BCUT2D eigenvalue weighted by atomic mass is 35.5. The van der Waals surface area contributed by atoms with E-state index in [9.17, 15) is 8.42 Å². The molecular formula is C38H41Cl2N5O6S. The third kappa shape index (κ3) is 11.7. The number of rotatable bonds is 12. The van der Waals surface area contributed by atoms with Gasteiger partial charge in [0.05, 0.1) is 14.2 Å². The van der Waals surface area contributed by atoms with Gasteiger partial charge >= 0.3 is 0 Å². The molecule has 0 aliphatic carbocycles.